The maximum absolute atomic E-state index is 13.1. The highest BCUT2D eigenvalue weighted by Crippen LogP contribution is 2.34. The molecule has 1 saturated heterocycles. The molecular formula is C23H23N5O4. The van der Waals surface area contributed by atoms with Crippen LogP contribution >= 0.6 is 0 Å². The summed E-state index contributed by atoms with van der Waals surface area (Å²) in [5.74, 6) is -1.90. The van der Waals surface area contributed by atoms with Gasteiger partial charge < -0.3 is 20.9 Å². The van der Waals surface area contributed by atoms with Crippen molar-refractivity contribution in [2.45, 2.75) is 25.8 Å². The van der Waals surface area contributed by atoms with Gasteiger partial charge in [0.05, 0.1) is 23.5 Å². The molecule has 0 unspecified atom stereocenters. The lowest BCUT2D eigenvalue weighted by Crippen LogP contribution is -2.46. The van der Waals surface area contributed by atoms with Crippen LogP contribution in [0.3, 0.4) is 0 Å². The molecule has 1 aliphatic rings. The van der Waals surface area contributed by atoms with Crippen molar-refractivity contribution in [3.63, 3.8) is 0 Å². The molecule has 3 aromatic rings. The van der Waals surface area contributed by atoms with Gasteiger partial charge in [0.1, 0.15) is 0 Å². The molecule has 164 valence electrons. The summed E-state index contributed by atoms with van der Waals surface area (Å²) in [6.45, 7) is 2.49. The van der Waals surface area contributed by atoms with E-state index in [0.29, 0.717) is 18.5 Å². The third kappa shape index (κ3) is 4.36. The van der Waals surface area contributed by atoms with Crippen LogP contribution < -0.4 is 16.6 Å². The van der Waals surface area contributed by atoms with Crippen LogP contribution in [0.25, 0.3) is 10.9 Å². The largest absolute Gasteiger partial charge is 0.366 e. The number of rotatable bonds is 3. The van der Waals surface area contributed by atoms with E-state index in [-0.39, 0.29) is 28.8 Å². The molecule has 4 N–H and O–H groups in total. The second-order valence-electron chi connectivity index (χ2n) is 8.11. The van der Waals surface area contributed by atoms with Gasteiger partial charge in [-0.05, 0) is 54.0 Å². The number of hydrogen-bond donors (Lipinski definition) is 3. The number of nitrogens with one attached hydrogen (secondary N) is 2. The molecule has 0 saturated carbocycles. The molecule has 1 aliphatic heterocycles. The summed E-state index contributed by atoms with van der Waals surface area (Å²) in [7, 11) is 0. The first-order valence-corrected chi connectivity index (χ1v) is 10.3. The molecule has 0 spiro atoms. The van der Waals surface area contributed by atoms with E-state index in [9.17, 15) is 19.2 Å². The molecule has 0 bridgehead atoms. The number of pyridine rings is 2. The molecule has 4 rings (SSSR count). The van der Waals surface area contributed by atoms with E-state index in [1.807, 2.05) is 25.1 Å². The van der Waals surface area contributed by atoms with Crippen LogP contribution in [0.15, 0.2) is 53.6 Å². The highest BCUT2D eigenvalue weighted by atomic mass is 16.2. The smallest absolute Gasteiger partial charge is 0.313 e. The number of H-pyrrole nitrogens is 1. The van der Waals surface area contributed by atoms with Gasteiger partial charge in [-0.1, -0.05) is 13.0 Å². The Bertz CT molecular complexity index is 1270. The molecular weight excluding hydrogens is 410 g/mol. The van der Waals surface area contributed by atoms with E-state index >= 15 is 0 Å². The van der Waals surface area contributed by atoms with Crippen LogP contribution in [0.1, 0.15) is 41.7 Å². The summed E-state index contributed by atoms with van der Waals surface area (Å²) in [4.78, 5) is 57.0. The molecule has 2 aromatic heterocycles. The summed E-state index contributed by atoms with van der Waals surface area (Å²) in [5.41, 5.74) is 7.03. The Hall–Kier alpha value is -4.01. The maximum Gasteiger partial charge on any atom is 0.313 e. The van der Waals surface area contributed by atoms with Gasteiger partial charge >= 0.3 is 11.8 Å². The van der Waals surface area contributed by atoms with Gasteiger partial charge in [-0.3, -0.25) is 24.2 Å². The Morgan fingerprint density at radius 2 is 1.94 bits per heavy atom. The number of carbonyl (C=O) groups excluding carboxylic acids is 3. The quantitative estimate of drug-likeness (QED) is 0.542. The maximum atomic E-state index is 13.1. The number of nitrogens with zero attached hydrogens (tertiary/aromatic N) is 2. The van der Waals surface area contributed by atoms with Gasteiger partial charge in [0.25, 0.3) is 0 Å². The zero-order valence-corrected chi connectivity index (χ0v) is 17.5. The van der Waals surface area contributed by atoms with Crippen molar-refractivity contribution in [3.8, 4) is 0 Å². The molecule has 9 heteroatoms. The van der Waals surface area contributed by atoms with Gasteiger partial charge in [0.15, 0.2) is 0 Å². The number of nitrogens with two attached hydrogens (primary N) is 1. The Kier molecular flexibility index (Phi) is 5.72. The molecule has 3 heterocycles. The SMILES string of the molecule is C[C@H]1CC[C@H](c2ccc3[nH]c(=O)ccc3c2)N(C(=O)C(=O)Nc2cncc(C(N)=O)c2)C1. The van der Waals surface area contributed by atoms with Gasteiger partial charge in [-0.2, -0.15) is 0 Å². The number of amides is 3. The van der Waals surface area contributed by atoms with E-state index in [1.54, 1.807) is 11.0 Å². The zero-order valence-electron chi connectivity index (χ0n) is 17.5. The third-order valence-corrected chi connectivity index (χ3v) is 5.69. The number of anilines is 1. The van der Waals surface area contributed by atoms with Crippen molar-refractivity contribution in [3.05, 3.63) is 70.3 Å². The Morgan fingerprint density at radius 1 is 1.12 bits per heavy atom. The van der Waals surface area contributed by atoms with Crippen molar-refractivity contribution in [2.24, 2.45) is 11.7 Å². The van der Waals surface area contributed by atoms with Crippen LogP contribution in [-0.2, 0) is 9.59 Å². The number of primary amides is 1. The Labute approximate surface area is 183 Å². The van der Waals surface area contributed by atoms with Crippen molar-refractivity contribution in [1.29, 1.82) is 0 Å². The van der Waals surface area contributed by atoms with E-state index in [4.69, 9.17) is 5.73 Å². The molecule has 3 amide bonds. The number of hydrogen-bond acceptors (Lipinski definition) is 5. The molecule has 0 aliphatic carbocycles. The predicted octanol–water partition coefficient (Wildman–Crippen LogP) is 1.96. The Morgan fingerprint density at radius 3 is 2.72 bits per heavy atom. The number of benzene rings is 1. The van der Waals surface area contributed by atoms with Crippen LogP contribution in [0.4, 0.5) is 5.69 Å². The first kappa shape index (κ1) is 21.2. The summed E-state index contributed by atoms with van der Waals surface area (Å²) in [6.07, 6.45) is 4.27. The number of aromatic amines is 1. The van der Waals surface area contributed by atoms with Crippen LogP contribution in [0, 0.1) is 5.92 Å². The lowest BCUT2D eigenvalue weighted by atomic mass is 9.89. The summed E-state index contributed by atoms with van der Waals surface area (Å²) in [6, 6.07) is 9.92. The molecule has 1 aromatic carbocycles. The number of fused-ring (bicyclic) bond motifs is 1. The lowest BCUT2D eigenvalue weighted by Gasteiger charge is -2.38. The number of carbonyl (C=O) groups is 3. The fourth-order valence-corrected chi connectivity index (χ4v) is 4.06. The van der Waals surface area contributed by atoms with E-state index in [0.717, 1.165) is 17.4 Å². The topological polar surface area (TPSA) is 138 Å². The van der Waals surface area contributed by atoms with Crippen molar-refractivity contribution in [1.82, 2.24) is 14.9 Å². The molecule has 0 radical (unpaired) electrons. The van der Waals surface area contributed by atoms with Crippen LogP contribution in [0.2, 0.25) is 0 Å². The fraction of sp³-hybridized carbons (Fsp3) is 0.261. The highest BCUT2D eigenvalue weighted by Gasteiger charge is 2.34. The highest BCUT2D eigenvalue weighted by molar-refractivity contribution is 6.39. The number of piperidine rings is 1. The van der Waals surface area contributed by atoms with E-state index in [2.05, 4.69) is 15.3 Å². The van der Waals surface area contributed by atoms with Gasteiger partial charge in [-0.25, -0.2) is 0 Å². The van der Waals surface area contributed by atoms with Gasteiger partial charge in [0.2, 0.25) is 11.5 Å². The number of likely N-dealkylation sites (tertiary alicyclic amines) is 1. The predicted molar refractivity (Wildman–Crippen MR) is 119 cm³/mol. The fourth-order valence-electron chi connectivity index (χ4n) is 4.06. The monoisotopic (exact) mass is 433 g/mol. The minimum atomic E-state index is -0.808. The van der Waals surface area contributed by atoms with Crippen LogP contribution in [0.5, 0.6) is 0 Å². The molecule has 9 nitrogen and oxygen atoms in total. The van der Waals surface area contributed by atoms with Crippen molar-refractivity contribution >= 4 is 34.3 Å². The first-order valence-electron chi connectivity index (χ1n) is 10.3. The zero-order chi connectivity index (χ0) is 22.8. The summed E-state index contributed by atoms with van der Waals surface area (Å²) in [5, 5.41) is 3.37. The Balaban J connectivity index is 1.59. The molecule has 32 heavy (non-hydrogen) atoms. The van der Waals surface area contributed by atoms with Crippen molar-refractivity contribution < 1.29 is 14.4 Å². The molecule has 1 fully saturated rings. The first-order chi connectivity index (χ1) is 15.3. The van der Waals surface area contributed by atoms with Crippen LogP contribution in [-0.4, -0.2) is 39.1 Å². The average Bonchev–Trinajstić information content (AvgIpc) is 2.78. The summed E-state index contributed by atoms with van der Waals surface area (Å²) >= 11 is 0. The second kappa shape index (κ2) is 8.62. The lowest BCUT2D eigenvalue weighted by molar-refractivity contribution is -0.146. The standard InChI is InChI=1S/C23H23N5O4/c1-13-2-6-19(15-3-5-18-14(8-15)4-7-20(29)27-18)28(12-13)23(32)22(31)26-17-9-16(21(24)30)10-25-11-17/h3-5,7-11,13,19H,2,6,12H2,1H3,(H2,24,30)(H,26,31)(H,27,29)/t13-,19+/m0/s1. The third-order valence-electron chi connectivity index (χ3n) is 5.69. The van der Waals surface area contributed by atoms with Gasteiger partial charge in [-0.15, -0.1) is 0 Å². The molecule has 2 atom stereocenters. The minimum Gasteiger partial charge on any atom is -0.366 e. The normalized spacial score (nSPS) is 18.3. The summed E-state index contributed by atoms with van der Waals surface area (Å²) < 4.78 is 0. The van der Waals surface area contributed by atoms with E-state index < -0.39 is 17.7 Å². The second-order valence-corrected chi connectivity index (χ2v) is 8.11. The van der Waals surface area contributed by atoms with Gasteiger partial charge in [0, 0.05) is 24.3 Å². The minimum absolute atomic E-state index is 0.133. The number of aromatic nitrogens is 2. The van der Waals surface area contributed by atoms with E-state index in [1.165, 1.54) is 24.5 Å². The average molecular weight is 433 g/mol. The van der Waals surface area contributed by atoms with Crippen molar-refractivity contribution in [2.75, 3.05) is 11.9 Å².